The van der Waals surface area contributed by atoms with E-state index in [4.69, 9.17) is 10.3 Å². The van der Waals surface area contributed by atoms with E-state index in [9.17, 15) is 9.90 Å². The normalized spacial score (nSPS) is 14.1. The number of aryl methyl sites for hydroxylation is 1. The number of nitrogens with two attached hydrogens (primary N) is 1. The van der Waals surface area contributed by atoms with Gasteiger partial charge in [-0.3, -0.25) is 9.20 Å². The zero-order valence-corrected chi connectivity index (χ0v) is 15.3. The maximum Gasteiger partial charge on any atom is 0.271 e. The number of rotatable bonds is 7. The minimum absolute atomic E-state index is 0.00247. The van der Waals surface area contributed by atoms with Crippen molar-refractivity contribution < 1.29 is 20.1 Å². The molecule has 1 unspecified atom stereocenters. The van der Waals surface area contributed by atoms with Crippen LogP contribution in [0.25, 0.3) is 5.65 Å². The molecule has 1 atom stereocenters. The Kier molecular flexibility index (Phi) is 6.01. The average molecular weight is 362 g/mol. The van der Waals surface area contributed by atoms with Crippen molar-refractivity contribution in [3.63, 3.8) is 0 Å². The van der Waals surface area contributed by atoms with E-state index in [0.29, 0.717) is 29.4 Å². The number of amidine groups is 1. The summed E-state index contributed by atoms with van der Waals surface area (Å²) in [5.74, 6) is 0.107. The number of aromatic nitrogens is 2. The molecule has 0 bridgehead atoms. The van der Waals surface area contributed by atoms with Crippen molar-refractivity contribution >= 4 is 17.4 Å². The van der Waals surface area contributed by atoms with Gasteiger partial charge in [0.1, 0.15) is 11.2 Å². The summed E-state index contributed by atoms with van der Waals surface area (Å²) in [7, 11) is 1.66. The molecule has 0 radical (unpaired) electrons. The zero-order valence-electron chi connectivity index (χ0n) is 15.3. The summed E-state index contributed by atoms with van der Waals surface area (Å²) in [6.07, 6.45) is 1.72. The second-order valence-corrected chi connectivity index (χ2v) is 5.81. The molecule has 0 fully saturated rings. The number of nitrogens with zero attached hydrogens (tertiary/aromatic N) is 4. The third-order valence-electron chi connectivity index (χ3n) is 3.86. The summed E-state index contributed by atoms with van der Waals surface area (Å²) < 4.78 is 7.19. The van der Waals surface area contributed by atoms with Gasteiger partial charge in [-0.05, 0) is 32.9 Å². The fourth-order valence-electron chi connectivity index (χ4n) is 2.59. The van der Waals surface area contributed by atoms with Gasteiger partial charge in [-0.25, -0.2) is 15.9 Å². The molecule has 1 amide bonds. The molecule has 0 aliphatic heterocycles. The predicted octanol–water partition coefficient (Wildman–Crippen LogP) is 0.0599. The fourth-order valence-corrected chi connectivity index (χ4v) is 2.59. The monoisotopic (exact) mass is 362 g/mol. The summed E-state index contributed by atoms with van der Waals surface area (Å²) in [6, 6.07) is 3.55. The first-order valence-corrected chi connectivity index (χ1v) is 8.19. The second kappa shape index (κ2) is 8.02. The van der Waals surface area contributed by atoms with E-state index in [-0.39, 0.29) is 5.84 Å². The SMILES string of the molecule is CCOc1cccn2c(C(=O)NC(C)(CO)C(N=N)=N[NH2+]C)c(C)nc12. The van der Waals surface area contributed by atoms with Crippen LogP contribution in [-0.4, -0.2) is 52.0 Å². The van der Waals surface area contributed by atoms with Gasteiger partial charge in [0.2, 0.25) is 5.84 Å². The molecule has 2 aromatic rings. The van der Waals surface area contributed by atoms with Crippen LogP contribution in [0.15, 0.2) is 28.5 Å². The largest absolute Gasteiger partial charge is 0.490 e. The number of carbonyl (C=O) groups excluding carboxylic acids is 1. The van der Waals surface area contributed by atoms with E-state index >= 15 is 0 Å². The molecular weight excluding hydrogens is 338 g/mol. The Labute approximate surface area is 150 Å². The molecule has 2 aromatic heterocycles. The van der Waals surface area contributed by atoms with Crippen molar-refractivity contribution in [2.24, 2.45) is 10.2 Å². The van der Waals surface area contributed by atoms with Gasteiger partial charge in [0.25, 0.3) is 5.91 Å². The lowest BCUT2D eigenvalue weighted by Gasteiger charge is -2.26. The standard InChI is InChI=1S/C16H23N7O3/c1-5-26-11-7-6-8-23-12(10(2)19-13(11)23)14(25)20-16(3,9-24)15(21-17)22-18-4/h6-8,17-18,24H,5,9H2,1-4H3,(H,20,25)/p+1. The lowest BCUT2D eigenvalue weighted by Crippen LogP contribution is -2.74. The topological polar surface area (TPSA) is 141 Å². The molecule has 2 heterocycles. The summed E-state index contributed by atoms with van der Waals surface area (Å²) >= 11 is 0. The highest BCUT2D eigenvalue weighted by Crippen LogP contribution is 2.22. The number of nitrogens with one attached hydrogen (secondary N) is 2. The first-order valence-electron chi connectivity index (χ1n) is 8.19. The smallest absolute Gasteiger partial charge is 0.271 e. The van der Waals surface area contributed by atoms with Crippen molar-refractivity contribution in [1.82, 2.24) is 14.7 Å². The number of pyridine rings is 1. The van der Waals surface area contributed by atoms with E-state index in [0.717, 1.165) is 0 Å². The molecule has 10 heteroatoms. The van der Waals surface area contributed by atoms with E-state index < -0.39 is 18.1 Å². The minimum Gasteiger partial charge on any atom is -0.490 e. The van der Waals surface area contributed by atoms with E-state index in [2.05, 4.69) is 20.5 Å². The molecular formula is C16H24N7O3+. The fraction of sp³-hybridized carbons (Fsp3) is 0.438. The van der Waals surface area contributed by atoms with Gasteiger partial charge >= 0.3 is 0 Å². The Morgan fingerprint density at radius 1 is 1.58 bits per heavy atom. The summed E-state index contributed by atoms with van der Waals surface area (Å²) in [4.78, 5) is 17.3. The number of amides is 1. The first-order chi connectivity index (χ1) is 12.4. The maximum absolute atomic E-state index is 12.9. The Morgan fingerprint density at radius 2 is 2.31 bits per heavy atom. The molecule has 0 aliphatic carbocycles. The Hall–Kier alpha value is -2.85. The molecule has 0 saturated heterocycles. The molecule has 140 valence electrons. The van der Waals surface area contributed by atoms with Crippen molar-refractivity contribution in [3.05, 3.63) is 29.7 Å². The number of aliphatic hydroxyl groups excluding tert-OH is 1. The van der Waals surface area contributed by atoms with Crippen LogP contribution in [0.3, 0.4) is 0 Å². The lowest BCUT2D eigenvalue weighted by atomic mass is 10.0. The van der Waals surface area contributed by atoms with Crippen LogP contribution in [0.5, 0.6) is 5.75 Å². The Morgan fingerprint density at radius 3 is 2.88 bits per heavy atom. The number of fused-ring (bicyclic) bond motifs is 1. The maximum atomic E-state index is 12.9. The van der Waals surface area contributed by atoms with Gasteiger partial charge < -0.3 is 15.2 Å². The van der Waals surface area contributed by atoms with E-state index in [1.54, 1.807) is 43.6 Å². The number of hydrogen-bond acceptors (Lipinski definition) is 6. The van der Waals surface area contributed by atoms with Crippen molar-refractivity contribution in [3.8, 4) is 5.75 Å². The van der Waals surface area contributed by atoms with Gasteiger partial charge in [0, 0.05) is 6.20 Å². The lowest BCUT2D eigenvalue weighted by molar-refractivity contribution is -0.633. The second-order valence-electron chi connectivity index (χ2n) is 5.81. The number of ether oxygens (including phenoxy) is 1. The molecule has 26 heavy (non-hydrogen) atoms. The molecule has 5 N–H and O–H groups in total. The number of aliphatic hydroxyl groups is 1. The summed E-state index contributed by atoms with van der Waals surface area (Å²) in [5.41, 5.74) is 8.76. The quantitative estimate of drug-likeness (QED) is 0.182. The van der Waals surface area contributed by atoms with E-state index in [1.165, 1.54) is 5.43 Å². The summed E-state index contributed by atoms with van der Waals surface area (Å²) in [5, 5.41) is 19.8. The first kappa shape index (κ1) is 19.5. The third kappa shape index (κ3) is 3.55. The number of quaternary nitrogens is 1. The number of hydrogen-bond donors (Lipinski definition) is 4. The highest BCUT2D eigenvalue weighted by atomic mass is 16.5. The van der Waals surface area contributed by atoms with Crippen LogP contribution in [0.4, 0.5) is 0 Å². The molecule has 0 spiro atoms. The van der Waals surface area contributed by atoms with Gasteiger partial charge in [-0.2, -0.15) is 0 Å². The highest BCUT2D eigenvalue weighted by Gasteiger charge is 2.35. The van der Waals surface area contributed by atoms with Gasteiger partial charge in [0.15, 0.2) is 11.4 Å². The van der Waals surface area contributed by atoms with Crippen molar-refractivity contribution in [2.75, 3.05) is 20.3 Å². The van der Waals surface area contributed by atoms with Crippen molar-refractivity contribution in [2.45, 2.75) is 26.3 Å². The van der Waals surface area contributed by atoms with Crippen LogP contribution in [0, 0.1) is 12.5 Å². The van der Waals surface area contributed by atoms with Crippen LogP contribution in [-0.2, 0) is 0 Å². The molecule has 2 rings (SSSR count). The van der Waals surface area contributed by atoms with Crippen LogP contribution < -0.4 is 15.5 Å². The molecule has 0 saturated carbocycles. The third-order valence-corrected chi connectivity index (χ3v) is 3.86. The van der Waals surface area contributed by atoms with Crippen molar-refractivity contribution in [1.29, 1.82) is 5.53 Å². The van der Waals surface area contributed by atoms with Crippen LogP contribution in [0.1, 0.15) is 30.0 Å². The minimum atomic E-state index is -1.31. The van der Waals surface area contributed by atoms with Gasteiger partial charge in [0.05, 0.1) is 26.0 Å². The van der Waals surface area contributed by atoms with Gasteiger partial charge in [-0.15, -0.1) is 5.11 Å². The predicted molar refractivity (Wildman–Crippen MR) is 94.5 cm³/mol. The Balaban J connectivity index is 2.46. The highest BCUT2D eigenvalue weighted by molar-refractivity contribution is 6.01. The number of imidazole rings is 1. The molecule has 0 aromatic carbocycles. The molecule has 10 nitrogen and oxygen atoms in total. The van der Waals surface area contributed by atoms with Crippen LogP contribution >= 0.6 is 0 Å². The average Bonchev–Trinajstić information content (AvgIpc) is 2.96. The van der Waals surface area contributed by atoms with Gasteiger partial charge in [-0.1, -0.05) is 5.10 Å². The van der Waals surface area contributed by atoms with E-state index in [1.807, 2.05) is 6.92 Å². The summed E-state index contributed by atoms with van der Waals surface area (Å²) in [6.45, 7) is 5.16. The van der Waals surface area contributed by atoms with Crippen LogP contribution in [0.2, 0.25) is 0 Å². The molecule has 0 aliphatic rings. The zero-order chi connectivity index (χ0) is 19.3. The Bertz CT molecular complexity index is 846. The number of carbonyl (C=O) groups is 1.